The van der Waals surface area contributed by atoms with Crippen molar-refractivity contribution in [2.45, 2.75) is 31.6 Å². The van der Waals surface area contributed by atoms with Gasteiger partial charge in [-0.25, -0.2) is 0 Å². The second-order valence-electron chi connectivity index (χ2n) is 7.82. The van der Waals surface area contributed by atoms with E-state index in [0.29, 0.717) is 5.69 Å². The summed E-state index contributed by atoms with van der Waals surface area (Å²) in [6.07, 6.45) is -0.252. The molecule has 1 N–H and O–H groups in total. The molecule has 0 heterocycles. The molecule has 0 saturated carbocycles. The highest BCUT2D eigenvalue weighted by molar-refractivity contribution is 7.87. The number of amides is 1. The molecule has 35 heavy (non-hydrogen) atoms. The van der Waals surface area contributed by atoms with Crippen LogP contribution in [0.25, 0.3) is 0 Å². The summed E-state index contributed by atoms with van der Waals surface area (Å²) in [6.45, 7) is 3.20. The molecule has 182 valence electrons. The van der Waals surface area contributed by atoms with Crippen molar-refractivity contribution in [3.05, 3.63) is 89.5 Å². The van der Waals surface area contributed by atoms with E-state index in [4.69, 9.17) is 8.92 Å². The Labute approximate surface area is 204 Å². The van der Waals surface area contributed by atoms with Gasteiger partial charge in [-0.2, -0.15) is 8.42 Å². The molecule has 0 aliphatic carbocycles. The number of esters is 1. The first kappa shape index (κ1) is 25.6. The van der Waals surface area contributed by atoms with Crippen molar-refractivity contribution in [3.8, 4) is 5.75 Å². The standard InChI is InChI=1S/C26H25NO7S/c1-18-7-13-22(14-8-18)35(31,32)34-21-11-9-20(10-12-21)24(28)17-33-26(30)16-15-25(29)27-23-6-4-3-5-19(23)2/h3-14H,15-17H2,1-2H3,(H,27,29). The number of hydrogen-bond acceptors (Lipinski definition) is 7. The number of carbonyl (C=O) groups is 3. The summed E-state index contributed by atoms with van der Waals surface area (Å²) < 4.78 is 34.8. The number of benzene rings is 3. The molecule has 3 aromatic rings. The summed E-state index contributed by atoms with van der Waals surface area (Å²) in [5.41, 5.74) is 2.70. The molecular weight excluding hydrogens is 470 g/mol. The lowest BCUT2D eigenvalue weighted by molar-refractivity contribution is -0.143. The van der Waals surface area contributed by atoms with Crippen molar-refractivity contribution < 1.29 is 31.7 Å². The second-order valence-corrected chi connectivity index (χ2v) is 9.37. The third kappa shape index (κ3) is 7.51. The van der Waals surface area contributed by atoms with E-state index < -0.39 is 28.5 Å². The Balaban J connectivity index is 1.46. The second kappa shape index (κ2) is 11.4. The first-order valence-corrected chi connectivity index (χ1v) is 12.2. The zero-order chi connectivity index (χ0) is 25.4. The fourth-order valence-electron chi connectivity index (χ4n) is 3.02. The van der Waals surface area contributed by atoms with Gasteiger partial charge in [-0.15, -0.1) is 0 Å². The third-order valence-corrected chi connectivity index (χ3v) is 6.29. The van der Waals surface area contributed by atoms with Crippen LogP contribution in [0.1, 0.15) is 34.3 Å². The van der Waals surface area contributed by atoms with Gasteiger partial charge in [-0.3, -0.25) is 14.4 Å². The number of Topliss-reactive ketones (excluding diaryl/α,β-unsaturated/α-hetero) is 1. The average molecular weight is 496 g/mol. The topological polar surface area (TPSA) is 116 Å². The van der Waals surface area contributed by atoms with Crippen LogP contribution in [0.15, 0.2) is 77.7 Å². The number of ketones is 1. The minimum atomic E-state index is -4.01. The van der Waals surface area contributed by atoms with Crippen LogP contribution in [0, 0.1) is 13.8 Å². The maximum Gasteiger partial charge on any atom is 0.339 e. The number of para-hydroxylation sites is 1. The Morgan fingerprint density at radius 3 is 2.14 bits per heavy atom. The molecule has 3 rings (SSSR count). The van der Waals surface area contributed by atoms with E-state index >= 15 is 0 Å². The van der Waals surface area contributed by atoms with Gasteiger partial charge in [0.2, 0.25) is 5.91 Å². The van der Waals surface area contributed by atoms with Gasteiger partial charge in [0.05, 0.1) is 6.42 Å². The van der Waals surface area contributed by atoms with Crippen LogP contribution < -0.4 is 9.50 Å². The number of nitrogens with one attached hydrogen (secondary N) is 1. The fraction of sp³-hybridized carbons (Fsp3) is 0.192. The van der Waals surface area contributed by atoms with Crippen LogP contribution in [-0.2, 0) is 24.4 Å². The first-order chi connectivity index (χ1) is 16.6. The van der Waals surface area contributed by atoms with Gasteiger partial charge in [0.1, 0.15) is 10.6 Å². The summed E-state index contributed by atoms with van der Waals surface area (Å²) in [7, 11) is -4.01. The number of ether oxygens (including phenoxy) is 1. The monoisotopic (exact) mass is 495 g/mol. The number of rotatable bonds is 10. The van der Waals surface area contributed by atoms with Gasteiger partial charge in [-0.05, 0) is 61.9 Å². The molecule has 9 heteroatoms. The van der Waals surface area contributed by atoms with Crippen LogP contribution in [-0.4, -0.2) is 32.7 Å². The largest absolute Gasteiger partial charge is 0.457 e. The maximum atomic E-state index is 12.4. The molecule has 0 atom stereocenters. The predicted molar refractivity (Wildman–Crippen MR) is 130 cm³/mol. The summed E-state index contributed by atoms with van der Waals surface area (Å²) in [5.74, 6) is -1.45. The molecule has 0 saturated heterocycles. The third-order valence-electron chi connectivity index (χ3n) is 5.03. The van der Waals surface area contributed by atoms with Gasteiger partial charge in [0.25, 0.3) is 0 Å². The van der Waals surface area contributed by atoms with E-state index in [1.807, 2.05) is 26.0 Å². The molecule has 3 aromatic carbocycles. The molecule has 0 radical (unpaired) electrons. The van der Waals surface area contributed by atoms with Crippen LogP contribution >= 0.6 is 0 Å². The SMILES string of the molecule is Cc1ccc(S(=O)(=O)Oc2ccc(C(=O)COC(=O)CCC(=O)Nc3ccccc3C)cc2)cc1. The van der Waals surface area contributed by atoms with Gasteiger partial charge >= 0.3 is 16.1 Å². The predicted octanol–water partition coefficient (Wildman–Crippen LogP) is 4.22. The van der Waals surface area contributed by atoms with Crippen LogP contribution in [0.3, 0.4) is 0 Å². The van der Waals surface area contributed by atoms with E-state index in [9.17, 15) is 22.8 Å². The van der Waals surface area contributed by atoms with Gasteiger partial charge < -0.3 is 14.2 Å². The molecule has 0 fully saturated rings. The zero-order valence-electron chi connectivity index (χ0n) is 19.3. The smallest absolute Gasteiger partial charge is 0.339 e. The molecule has 0 unspecified atom stereocenters. The Morgan fingerprint density at radius 1 is 0.829 bits per heavy atom. The quantitative estimate of drug-likeness (QED) is 0.254. The molecule has 1 amide bonds. The van der Waals surface area contributed by atoms with Crippen LogP contribution in [0.2, 0.25) is 0 Å². The summed E-state index contributed by atoms with van der Waals surface area (Å²) in [5, 5.41) is 2.72. The van der Waals surface area contributed by atoms with Crippen molar-refractivity contribution in [3.63, 3.8) is 0 Å². The summed E-state index contributed by atoms with van der Waals surface area (Å²) in [4.78, 5) is 36.3. The van der Waals surface area contributed by atoms with Gasteiger partial charge in [0.15, 0.2) is 12.4 Å². The van der Waals surface area contributed by atoms with Crippen LogP contribution in [0.5, 0.6) is 5.75 Å². The molecule has 0 aliphatic heterocycles. The van der Waals surface area contributed by atoms with E-state index in [0.717, 1.165) is 11.1 Å². The number of hydrogen-bond donors (Lipinski definition) is 1. The van der Waals surface area contributed by atoms with Crippen molar-refractivity contribution in [2.75, 3.05) is 11.9 Å². The normalized spacial score (nSPS) is 10.9. The number of anilines is 1. The van der Waals surface area contributed by atoms with Crippen LogP contribution in [0.4, 0.5) is 5.69 Å². The Kier molecular flexibility index (Phi) is 8.38. The van der Waals surface area contributed by atoms with E-state index in [1.54, 1.807) is 24.3 Å². The minimum Gasteiger partial charge on any atom is -0.457 e. The van der Waals surface area contributed by atoms with Gasteiger partial charge in [-0.1, -0.05) is 35.9 Å². The molecule has 0 aromatic heterocycles. The lowest BCUT2D eigenvalue weighted by Crippen LogP contribution is -2.17. The van der Waals surface area contributed by atoms with E-state index in [1.165, 1.54) is 36.4 Å². The van der Waals surface area contributed by atoms with E-state index in [-0.39, 0.29) is 35.0 Å². The average Bonchev–Trinajstić information content (AvgIpc) is 2.83. The van der Waals surface area contributed by atoms with E-state index in [2.05, 4.69) is 5.32 Å². The highest BCUT2D eigenvalue weighted by Crippen LogP contribution is 2.20. The maximum absolute atomic E-state index is 12.4. The number of aryl methyl sites for hydroxylation is 2. The highest BCUT2D eigenvalue weighted by atomic mass is 32.2. The molecule has 0 aliphatic rings. The van der Waals surface area contributed by atoms with Crippen molar-refractivity contribution >= 4 is 33.5 Å². The Hall–Kier alpha value is -3.98. The fourth-order valence-corrected chi connectivity index (χ4v) is 3.95. The minimum absolute atomic E-state index is 0.0164. The lowest BCUT2D eigenvalue weighted by Gasteiger charge is -2.09. The summed E-state index contributed by atoms with van der Waals surface area (Å²) >= 11 is 0. The van der Waals surface area contributed by atoms with Gasteiger partial charge in [0, 0.05) is 17.7 Å². The summed E-state index contributed by atoms with van der Waals surface area (Å²) in [6, 6.07) is 18.9. The molecular formula is C26H25NO7S. The molecule has 8 nitrogen and oxygen atoms in total. The Bertz CT molecular complexity index is 1310. The molecule has 0 spiro atoms. The van der Waals surface area contributed by atoms with Crippen molar-refractivity contribution in [1.82, 2.24) is 0 Å². The van der Waals surface area contributed by atoms with Crippen molar-refractivity contribution in [2.24, 2.45) is 0 Å². The lowest BCUT2D eigenvalue weighted by atomic mass is 10.1. The first-order valence-electron chi connectivity index (χ1n) is 10.8. The molecule has 0 bridgehead atoms. The zero-order valence-corrected chi connectivity index (χ0v) is 20.1. The van der Waals surface area contributed by atoms with Crippen molar-refractivity contribution in [1.29, 1.82) is 0 Å². The number of carbonyl (C=O) groups excluding carboxylic acids is 3. The highest BCUT2D eigenvalue weighted by Gasteiger charge is 2.17. The Morgan fingerprint density at radius 2 is 1.49 bits per heavy atom.